The molecule has 0 fully saturated rings. The topological polar surface area (TPSA) is 72.6 Å². The number of aromatic nitrogens is 2. The molecule has 0 unspecified atom stereocenters. The molecule has 6 heteroatoms. The molecule has 2 heterocycles. The lowest BCUT2D eigenvalue weighted by Gasteiger charge is -2.05. The molecule has 0 atom stereocenters. The van der Waals surface area contributed by atoms with Crippen LogP contribution in [0.4, 0.5) is 5.69 Å². The predicted molar refractivity (Wildman–Crippen MR) is 116 cm³/mol. The normalized spacial score (nSPS) is 11.9. The molecule has 2 aromatic heterocycles. The average Bonchev–Trinajstić information content (AvgIpc) is 3.23. The number of para-hydroxylation sites is 2. The molecule has 0 aliphatic heterocycles. The summed E-state index contributed by atoms with van der Waals surface area (Å²) in [5.41, 5.74) is 4.54. The quantitative estimate of drug-likeness (QED) is 0.451. The maximum atomic E-state index is 6.19. The predicted octanol–water partition coefficient (Wildman–Crippen LogP) is 5.23. The molecule has 0 saturated heterocycles. The molecule has 1 N–H and O–H groups in total. The van der Waals surface area contributed by atoms with Gasteiger partial charge in [-0.3, -0.25) is 0 Å². The molecule has 0 aliphatic carbocycles. The number of aromatic amines is 1. The molecule has 6 nitrogen and oxygen atoms in total. The largest absolute Gasteiger partial charge is 0.497 e. The van der Waals surface area contributed by atoms with E-state index in [4.69, 9.17) is 23.9 Å². The minimum Gasteiger partial charge on any atom is -0.497 e. The van der Waals surface area contributed by atoms with Gasteiger partial charge in [-0.15, -0.1) is 0 Å². The summed E-state index contributed by atoms with van der Waals surface area (Å²) in [5, 5.41) is 0.901. The highest BCUT2D eigenvalue weighted by Crippen LogP contribution is 2.26. The van der Waals surface area contributed by atoms with Crippen molar-refractivity contribution in [3.05, 3.63) is 78.4 Å². The summed E-state index contributed by atoms with van der Waals surface area (Å²) in [5.74, 6) is 2.22. The van der Waals surface area contributed by atoms with Gasteiger partial charge in [-0.2, -0.15) is 0 Å². The zero-order valence-electron chi connectivity index (χ0n) is 16.5. The molecule has 0 saturated carbocycles. The van der Waals surface area contributed by atoms with Crippen LogP contribution in [0.5, 0.6) is 11.5 Å². The SMILES string of the molecule is COc1ccc(N=c2oc3ccc(OC)cc3cc2-c2nc3ccccc3[nH]2)cc1. The van der Waals surface area contributed by atoms with Gasteiger partial charge >= 0.3 is 0 Å². The Morgan fingerprint density at radius 3 is 2.40 bits per heavy atom. The molecule has 5 aromatic rings. The molecule has 30 heavy (non-hydrogen) atoms. The average molecular weight is 397 g/mol. The molecular formula is C24H19N3O3. The summed E-state index contributed by atoms with van der Waals surface area (Å²) in [7, 11) is 3.28. The summed E-state index contributed by atoms with van der Waals surface area (Å²) < 4.78 is 16.8. The molecule has 3 aromatic carbocycles. The summed E-state index contributed by atoms with van der Waals surface area (Å²) >= 11 is 0. The third kappa shape index (κ3) is 3.28. The summed E-state index contributed by atoms with van der Waals surface area (Å²) in [6.45, 7) is 0. The van der Waals surface area contributed by atoms with Crippen molar-refractivity contribution in [1.82, 2.24) is 9.97 Å². The van der Waals surface area contributed by atoms with E-state index in [1.165, 1.54) is 0 Å². The van der Waals surface area contributed by atoms with Gasteiger partial charge in [0, 0.05) is 5.39 Å². The highest BCUT2D eigenvalue weighted by molar-refractivity contribution is 5.84. The highest BCUT2D eigenvalue weighted by Gasteiger charge is 2.12. The minimum absolute atomic E-state index is 0.469. The van der Waals surface area contributed by atoms with E-state index >= 15 is 0 Å². The van der Waals surface area contributed by atoms with Gasteiger partial charge < -0.3 is 18.9 Å². The van der Waals surface area contributed by atoms with E-state index in [1.54, 1.807) is 14.2 Å². The summed E-state index contributed by atoms with van der Waals surface area (Å²) in [6, 6.07) is 23.1. The number of nitrogens with zero attached hydrogens (tertiary/aromatic N) is 2. The Balaban J connectivity index is 1.76. The fraction of sp³-hybridized carbons (Fsp3) is 0.0833. The highest BCUT2D eigenvalue weighted by atomic mass is 16.5. The lowest BCUT2D eigenvalue weighted by Crippen LogP contribution is -2.06. The van der Waals surface area contributed by atoms with Crippen LogP contribution in [0.2, 0.25) is 0 Å². The summed E-state index contributed by atoms with van der Waals surface area (Å²) in [6.07, 6.45) is 0. The minimum atomic E-state index is 0.469. The maximum absolute atomic E-state index is 6.19. The maximum Gasteiger partial charge on any atom is 0.230 e. The smallest absolute Gasteiger partial charge is 0.230 e. The number of H-pyrrole nitrogens is 1. The molecule has 5 rings (SSSR count). The Labute approximate surface area is 172 Å². The first-order valence-corrected chi connectivity index (χ1v) is 9.49. The molecule has 0 aliphatic rings. The van der Waals surface area contributed by atoms with Crippen LogP contribution >= 0.6 is 0 Å². The van der Waals surface area contributed by atoms with Gasteiger partial charge in [0.1, 0.15) is 22.9 Å². The van der Waals surface area contributed by atoms with Crippen LogP contribution in [0.1, 0.15) is 0 Å². The fourth-order valence-electron chi connectivity index (χ4n) is 3.34. The van der Waals surface area contributed by atoms with Crippen LogP contribution in [0.25, 0.3) is 33.4 Å². The van der Waals surface area contributed by atoms with Gasteiger partial charge in [0.05, 0.1) is 36.5 Å². The second-order valence-electron chi connectivity index (χ2n) is 6.78. The van der Waals surface area contributed by atoms with Crippen molar-refractivity contribution in [3.8, 4) is 22.9 Å². The van der Waals surface area contributed by atoms with Crippen LogP contribution in [0.3, 0.4) is 0 Å². The van der Waals surface area contributed by atoms with E-state index in [9.17, 15) is 0 Å². The molecule has 0 bridgehead atoms. The lowest BCUT2D eigenvalue weighted by molar-refractivity contribution is 0.415. The number of methoxy groups -OCH3 is 2. The molecule has 0 amide bonds. The second kappa shape index (κ2) is 7.40. The number of benzene rings is 3. The number of imidazole rings is 1. The first kappa shape index (κ1) is 18.0. The number of rotatable bonds is 4. The zero-order chi connectivity index (χ0) is 20.5. The van der Waals surface area contributed by atoms with Gasteiger partial charge in [-0.05, 0) is 60.7 Å². The fourth-order valence-corrected chi connectivity index (χ4v) is 3.34. The number of nitrogens with one attached hydrogen (secondary N) is 1. The van der Waals surface area contributed by atoms with E-state index in [0.717, 1.165) is 39.2 Å². The Bertz CT molecular complexity index is 1380. The first-order chi connectivity index (χ1) is 14.7. The molecule has 0 spiro atoms. The number of ether oxygens (including phenoxy) is 2. The van der Waals surface area contributed by atoms with E-state index in [-0.39, 0.29) is 0 Å². The van der Waals surface area contributed by atoms with Crippen molar-refractivity contribution in [3.63, 3.8) is 0 Å². The number of hydrogen-bond donors (Lipinski definition) is 1. The number of fused-ring (bicyclic) bond motifs is 2. The Kier molecular flexibility index (Phi) is 4.44. The zero-order valence-corrected chi connectivity index (χ0v) is 16.5. The monoisotopic (exact) mass is 397 g/mol. The van der Waals surface area contributed by atoms with Gasteiger partial charge in [0.2, 0.25) is 5.55 Å². The van der Waals surface area contributed by atoms with Gasteiger partial charge in [-0.25, -0.2) is 9.98 Å². The van der Waals surface area contributed by atoms with Crippen LogP contribution in [-0.4, -0.2) is 24.2 Å². The van der Waals surface area contributed by atoms with E-state index in [1.807, 2.05) is 72.8 Å². The third-order valence-corrected chi connectivity index (χ3v) is 4.90. The third-order valence-electron chi connectivity index (χ3n) is 4.90. The van der Waals surface area contributed by atoms with Crippen LogP contribution < -0.4 is 15.0 Å². The van der Waals surface area contributed by atoms with Gasteiger partial charge in [0.15, 0.2) is 0 Å². The molecule has 148 valence electrons. The van der Waals surface area contributed by atoms with Crippen LogP contribution in [0.15, 0.2) is 82.2 Å². The lowest BCUT2D eigenvalue weighted by atomic mass is 10.1. The van der Waals surface area contributed by atoms with Crippen molar-refractivity contribution in [2.45, 2.75) is 0 Å². The Hall–Kier alpha value is -4.06. The standard InChI is InChI=1S/C24H19N3O3/c1-28-17-9-7-16(8-10-17)25-24-19(23-26-20-5-3-4-6-21(20)27-23)14-15-13-18(29-2)11-12-22(15)30-24/h3-14H,1-2H3,(H,26,27). The van der Waals surface area contributed by atoms with Gasteiger partial charge in [0.25, 0.3) is 0 Å². The van der Waals surface area contributed by atoms with Crippen molar-refractivity contribution in [2.24, 2.45) is 4.99 Å². The van der Waals surface area contributed by atoms with E-state index in [0.29, 0.717) is 17.0 Å². The van der Waals surface area contributed by atoms with Gasteiger partial charge in [-0.1, -0.05) is 12.1 Å². The van der Waals surface area contributed by atoms with Crippen LogP contribution in [0, 0.1) is 0 Å². The van der Waals surface area contributed by atoms with Crippen molar-refractivity contribution >= 4 is 27.7 Å². The molecule has 0 radical (unpaired) electrons. The number of hydrogen-bond acceptors (Lipinski definition) is 5. The Morgan fingerprint density at radius 1 is 0.867 bits per heavy atom. The van der Waals surface area contributed by atoms with Crippen LogP contribution in [-0.2, 0) is 0 Å². The molecular weight excluding hydrogens is 378 g/mol. The second-order valence-corrected chi connectivity index (χ2v) is 6.78. The van der Waals surface area contributed by atoms with Crippen molar-refractivity contribution in [2.75, 3.05) is 14.2 Å². The van der Waals surface area contributed by atoms with E-state index in [2.05, 4.69) is 4.98 Å². The van der Waals surface area contributed by atoms with E-state index < -0.39 is 0 Å². The van der Waals surface area contributed by atoms with Crippen molar-refractivity contribution < 1.29 is 13.9 Å². The van der Waals surface area contributed by atoms with Crippen molar-refractivity contribution in [1.29, 1.82) is 0 Å². The Morgan fingerprint density at radius 2 is 1.63 bits per heavy atom. The first-order valence-electron chi connectivity index (χ1n) is 9.49. The summed E-state index contributed by atoms with van der Waals surface area (Å²) in [4.78, 5) is 12.8.